The number of hydrogen-bond acceptors (Lipinski definition) is 5. The summed E-state index contributed by atoms with van der Waals surface area (Å²) in [5.41, 5.74) is 7.30. The summed E-state index contributed by atoms with van der Waals surface area (Å²) in [5, 5.41) is 0. The summed E-state index contributed by atoms with van der Waals surface area (Å²) in [4.78, 5) is 49.9. The van der Waals surface area contributed by atoms with E-state index in [1.54, 1.807) is 0 Å². The molecule has 0 unspecified atom stereocenters. The van der Waals surface area contributed by atoms with Gasteiger partial charge in [0.05, 0.1) is 35.9 Å². The maximum atomic E-state index is 13.9. The van der Waals surface area contributed by atoms with E-state index in [2.05, 4.69) is 69.8 Å². The Morgan fingerprint density at radius 1 is 0.673 bits per heavy atom. The predicted molar refractivity (Wildman–Crippen MR) is 204 cm³/mol. The second-order valence-corrected chi connectivity index (χ2v) is 14.8. The summed E-state index contributed by atoms with van der Waals surface area (Å²) in [6, 6.07) is 26.7. The van der Waals surface area contributed by atoms with Gasteiger partial charge in [0.25, 0.3) is 0 Å². The average Bonchev–Trinajstić information content (AvgIpc) is 4.02. The number of aromatic nitrogens is 4. The number of imidazole rings is 2. The molecule has 0 bridgehead atoms. The predicted octanol–water partition coefficient (Wildman–Crippen LogP) is 8.16. The third kappa shape index (κ3) is 6.82. The number of likely N-dealkylation sites (N-methyl/N-ethyl adjacent to an activating group) is 1. The molecular weight excluding hydrogens is 647 g/mol. The number of benzene rings is 3. The van der Waals surface area contributed by atoms with Gasteiger partial charge in [-0.25, -0.2) is 9.97 Å². The minimum Gasteiger partial charge on any atom is -0.340 e. The fraction of sp³-hybridized carbons (Fsp3) is 0.372. The molecule has 4 heterocycles. The SMILES string of the molecule is CN(C)[C@@H](C(=O)N1CCC[C@H]1c1ncc(-c2ccc(-c3ccc(-c4cnc([C@@H]5CCCN5C(=O)C5CC[CH]CC5)[nH]4)cc3)cc2)[nH]1)c1ccccc1. The van der Waals surface area contributed by atoms with Crippen LogP contribution >= 0.6 is 0 Å². The van der Waals surface area contributed by atoms with E-state index in [4.69, 9.17) is 9.97 Å². The molecule has 3 aromatic carbocycles. The second kappa shape index (κ2) is 14.9. The van der Waals surface area contributed by atoms with Gasteiger partial charge in [-0.15, -0.1) is 0 Å². The highest BCUT2D eigenvalue weighted by Gasteiger charge is 2.38. The Hall–Kier alpha value is -5.02. The van der Waals surface area contributed by atoms with E-state index in [1.165, 1.54) is 0 Å². The van der Waals surface area contributed by atoms with Crippen molar-refractivity contribution in [3.8, 4) is 33.6 Å². The second-order valence-electron chi connectivity index (χ2n) is 14.8. The van der Waals surface area contributed by atoms with E-state index in [1.807, 2.05) is 66.6 Å². The number of H-pyrrole nitrogens is 2. The van der Waals surface area contributed by atoms with Gasteiger partial charge in [0.15, 0.2) is 0 Å². The topological polar surface area (TPSA) is 101 Å². The first-order valence-electron chi connectivity index (χ1n) is 18.9. The highest BCUT2D eigenvalue weighted by Crippen LogP contribution is 2.37. The van der Waals surface area contributed by atoms with Gasteiger partial charge in [0.1, 0.15) is 17.7 Å². The molecule has 8 rings (SSSR count). The largest absolute Gasteiger partial charge is 0.340 e. The van der Waals surface area contributed by atoms with Crippen molar-refractivity contribution in [3.05, 3.63) is 115 Å². The summed E-state index contributed by atoms with van der Waals surface area (Å²) in [6.45, 7) is 1.55. The highest BCUT2D eigenvalue weighted by molar-refractivity contribution is 5.84. The van der Waals surface area contributed by atoms with Gasteiger partial charge in [0, 0.05) is 19.0 Å². The van der Waals surface area contributed by atoms with Crippen molar-refractivity contribution in [3.63, 3.8) is 0 Å². The molecule has 1 saturated carbocycles. The maximum absolute atomic E-state index is 13.9. The van der Waals surface area contributed by atoms with E-state index in [-0.39, 0.29) is 30.0 Å². The van der Waals surface area contributed by atoms with Gasteiger partial charge >= 0.3 is 0 Å². The van der Waals surface area contributed by atoms with Crippen LogP contribution in [-0.4, -0.2) is 73.6 Å². The van der Waals surface area contributed by atoms with Gasteiger partial charge in [0.2, 0.25) is 11.8 Å². The Bertz CT molecular complexity index is 1980. The zero-order valence-electron chi connectivity index (χ0n) is 30.2. The Kier molecular flexibility index (Phi) is 9.78. The maximum Gasteiger partial charge on any atom is 0.245 e. The standard InChI is InChI=1S/C43H48N7O2/c1-48(2)39(33-11-5-3-6-12-33)43(52)50-26-10-16-38(50)41-45-28-36(47-41)32-23-19-30(20-24-32)29-17-21-31(22-18-29)35-27-44-40(46-35)37-15-9-25-49(37)42(51)34-13-7-4-8-14-34/h3-6,11-12,17-24,27-28,34,37-39H,7-10,13-16,25-26H2,1-2H3,(H,44,46)(H,45,47)/t37-,38-,39+/m0/s1. The summed E-state index contributed by atoms with van der Waals surface area (Å²) < 4.78 is 0. The molecule has 1 aliphatic carbocycles. The molecule has 2 amide bonds. The third-order valence-corrected chi connectivity index (χ3v) is 11.3. The van der Waals surface area contributed by atoms with Crippen molar-refractivity contribution in [1.82, 2.24) is 34.6 Å². The van der Waals surface area contributed by atoms with E-state index in [0.717, 1.165) is 115 Å². The molecular formula is C43H48N7O2. The van der Waals surface area contributed by atoms with Crippen molar-refractivity contribution in [1.29, 1.82) is 0 Å². The fourth-order valence-corrected chi connectivity index (χ4v) is 8.48. The quantitative estimate of drug-likeness (QED) is 0.162. The molecule has 0 spiro atoms. The van der Waals surface area contributed by atoms with Gasteiger partial charge in [-0.05, 0) is 99.7 Å². The van der Waals surface area contributed by atoms with Gasteiger partial charge in [-0.3, -0.25) is 14.5 Å². The van der Waals surface area contributed by atoms with E-state index in [9.17, 15) is 9.59 Å². The third-order valence-electron chi connectivity index (χ3n) is 11.3. The van der Waals surface area contributed by atoms with Crippen molar-refractivity contribution in [2.75, 3.05) is 27.2 Å². The van der Waals surface area contributed by atoms with Crippen molar-refractivity contribution in [2.45, 2.75) is 69.5 Å². The molecule has 2 N–H and O–H groups in total. The highest BCUT2D eigenvalue weighted by atomic mass is 16.2. The molecule has 2 aliphatic heterocycles. The van der Waals surface area contributed by atoms with Crippen LogP contribution in [0, 0.1) is 12.3 Å². The van der Waals surface area contributed by atoms with Gasteiger partial charge in [-0.2, -0.15) is 0 Å². The zero-order chi connectivity index (χ0) is 35.6. The lowest BCUT2D eigenvalue weighted by Crippen LogP contribution is -2.40. The lowest BCUT2D eigenvalue weighted by Gasteiger charge is -2.31. The summed E-state index contributed by atoms with van der Waals surface area (Å²) in [6.07, 6.45) is 14.0. The van der Waals surface area contributed by atoms with Crippen LogP contribution in [0.1, 0.15) is 86.7 Å². The summed E-state index contributed by atoms with van der Waals surface area (Å²) in [5.74, 6) is 2.30. The number of likely N-dealkylation sites (tertiary alicyclic amines) is 2. The molecule has 9 heteroatoms. The smallest absolute Gasteiger partial charge is 0.245 e. The van der Waals surface area contributed by atoms with Crippen LogP contribution in [0.15, 0.2) is 91.3 Å². The molecule has 1 radical (unpaired) electrons. The zero-order valence-corrected chi connectivity index (χ0v) is 30.2. The van der Waals surface area contributed by atoms with Crippen LogP contribution < -0.4 is 0 Å². The minimum absolute atomic E-state index is 0.0329. The first-order valence-corrected chi connectivity index (χ1v) is 18.9. The summed E-state index contributed by atoms with van der Waals surface area (Å²) in [7, 11) is 3.93. The van der Waals surface area contributed by atoms with E-state index < -0.39 is 0 Å². The van der Waals surface area contributed by atoms with Crippen LogP contribution in [0.25, 0.3) is 33.6 Å². The van der Waals surface area contributed by atoms with Crippen molar-refractivity contribution < 1.29 is 9.59 Å². The molecule has 2 aromatic heterocycles. The fourth-order valence-electron chi connectivity index (χ4n) is 8.48. The lowest BCUT2D eigenvalue weighted by molar-refractivity contribution is -0.138. The Balaban J connectivity index is 0.925. The monoisotopic (exact) mass is 694 g/mol. The van der Waals surface area contributed by atoms with Crippen LogP contribution in [-0.2, 0) is 9.59 Å². The molecule has 9 nitrogen and oxygen atoms in total. The Morgan fingerprint density at radius 3 is 1.71 bits per heavy atom. The molecule has 3 aliphatic rings. The van der Waals surface area contributed by atoms with Crippen molar-refractivity contribution >= 4 is 11.8 Å². The number of aromatic amines is 2. The summed E-state index contributed by atoms with van der Waals surface area (Å²) >= 11 is 0. The van der Waals surface area contributed by atoms with Crippen LogP contribution in [0.3, 0.4) is 0 Å². The molecule has 3 fully saturated rings. The number of hydrogen-bond donors (Lipinski definition) is 2. The molecule has 5 aromatic rings. The van der Waals surface area contributed by atoms with E-state index in [0.29, 0.717) is 5.91 Å². The molecule has 2 saturated heterocycles. The molecule has 3 atom stereocenters. The Morgan fingerprint density at radius 2 is 1.17 bits per heavy atom. The Labute approximate surface area is 306 Å². The van der Waals surface area contributed by atoms with Gasteiger partial charge in [-0.1, -0.05) is 78.9 Å². The lowest BCUT2D eigenvalue weighted by atomic mass is 9.88. The minimum atomic E-state index is -0.334. The first-order chi connectivity index (χ1) is 25.4. The number of nitrogens with one attached hydrogen (secondary N) is 2. The number of carbonyl (C=O) groups excluding carboxylic acids is 2. The van der Waals surface area contributed by atoms with E-state index >= 15 is 0 Å². The average molecular weight is 695 g/mol. The van der Waals surface area contributed by atoms with Crippen LogP contribution in [0.5, 0.6) is 0 Å². The van der Waals surface area contributed by atoms with Crippen molar-refractivity contribution in [2.24, 2.45) is 5.92 Å². The number of amides is 2. The molecule has 267 valence electrons. The molecule has 52 heavy (non-hydrogen) atoms. The number of rotatable bonds is 9. The number of nitrogens with zero attached hydrogens (tertiary/aromatic N) is 5. The normalized spacial score (nSPS) is 20.1. The van der Waals surface area contributed by atoms with Crippen LogP contribution in [0.2, 0.25) is 0 Å². The first kappa shape index (κ1) is 34.1. The van der Waals surface area contributed by atoms with Crippen LogP contribution in [0.4, 0.5) is 0 Å². The van der Waals surface area contributed by atoms with Gasteiger partial charge < -0.3 is 19.8 Å². The number of carbonyl (C=O) groups is 2.